The molecule has 0 radical (unpaired) electrons. The Morgan fingerprint density at radius 3 is 2.90 bits per heavy atom. The molecule has 4 rings (SSSR count). The van der Waals surface area contributed by atoms with Crippen molar-refractivity contribution in [1.29, 1.82) is 0 Å². The Kier molecular flexibility index (Phi) is 6.19. The number of rotatable bonds is 9. The maximum atomic E-state index is 13.4. The molecule has 2 fully saturated rings. The molecule has 1 aromatic carbocycles. The van der Waals surface area contributed by atoms with Gasteiger partial charge < -0.3 is 20.7 Å². The Hall–Kier alpha value is -2.74. The van der Waals surface area contributed by atoms with E-state index in [1.54, 1.807) is 12.1 Å². The molecule has 1 unspecified atom stereocenters. The predicted octanol–water partition coefficient (Wildman–Crippen LogP) is 3.33. The highest BCUT2D eigenvalue weighted by molar-refractivity contribution is 5.80. The highest BCUT2D eigenvalue weighted by Gasteiger charge is 2.27. The lowest BCUT2D eigenvalue weighted by Gasteiger charge is -2.14. The molecule has 2 aromatic rings. The van der Waals surface area contributed by atoms with Gasteiger partial charge in [-0.1, -0.05) is 6.07 Å². The molecular formula is C21H26FN5O2. The highest BCUT2D eigenvalue weighted by Crippen LogP contribution is 2.42. The van der Waals surface area contributed by atoms with Crippen molar-refractivity contribution in [2.45, 2.75) is 44.1 Å². The van der Waals surface area contributed by atoms with Gasteiger partial charge in [0.15, 0.2) is 0 Å². The lowest BCUT2D eigenvalue weighted by Crippen LogP contribution is -2.35. The first-order chi connectivity index (χ1) is 14.2. The molecule has 2 aliphatic rings. The van der Waals surface area contributed by atoms with Gasteiger partial charge in [-0.15, -0.1) is 0 Å². The van der Waals surface area contributed by atoms with Gasteiger partial charge in [0.05, 0.1) is 0 Å². The molecule has 154 valence electrons. The van der Waals surface area contributed by atoms with Gasteiger partial charge in [0.25, 0.3) is 0 Å². The summed E-state index contributed by atoms with van der Waals surface area (Å²) < 4.78 is 18.8. The van der Waals surface area contributed by atoms with E-state index in [0.717, 1.165) is 43.5 Å². The second-order valence-electron chi connectivity index (χ2n) is 7.48. The van der Waals surface area contributed by atoms with Crippen LogP contribution in [0.2, 0.25) is 0 Å². The van der Waals surface area contributed by atoms with Crippen LogP contribution in [0.3, 0.4) is 0 Å². The lowest BCUT2D eigenvalue weighted by molar-refractivity contribution is -0.130. The molecule has 1 saturated heterocycles. The van der Waals surface area contributed by atoms with Crippen LogP contribution in [0.25, 0.3) is 0 Å². The quantitative estimate of drug-likeness (QED) is 0.561. The Morgan fingerprint density at radius 2 is 2.14 bits per heavy atom. The molecular weight excluding hydrogens is 373 g/mol. The van der Waals surface area contributed by atoms with Crippen molar-refractivity contribution in [2.24, 2.45) is 0 Å². The van der Waals surface area contributed by atoms with Gasteiger partial charge in [-0.25, -0.2) is 9.37 Å². The van der Waals surface area contributed by atoms with E-state index in [1.807, 2.05) is 6.20 Å². The van der Waals surface area contributed by atoms with Crippen LogP contribution in [0.4, 0.5) is 21.8 Å². The number of nitrogens with one attached hydrogen (secondary N) is 3. The summed E-state index contributed by atoms with van der Waals surface area (Å²) in [6, 6.07) is 6.21. The molecule has 1 atom stereocenters. The van der Waals surface area contributed by atoms with E-state index in [9.17, 15) is 9.18 Å². The van der Waals surface area contributed by atoms with Gasteiger partial charge >= 0.3 is 0 Å². The second-order valence-corrected chi connectivity index (χ2v) is 7.48. The number of carbonyl (C=O) groups is 1. The fourth-order valence-electron chi connectivity index (χ4n) is 3.39. The number of carbonyl (C=O) groups excluding carboxylic acids is 1. The molecule has 7 nitrogen and oxygen atoms in total. The Morgan fingerprint density at radius 1 is 1.24 bits per heavy atom. The number of hydrogen-bond donors (Lipinski definition) is 3. The van der Waals surface area contributed by atoms with Gasteiger partial charge in [0.2, 0.25) is 11.9 Å². The minimum absolute atomic E-state index is 0.0233. The van der Waals surface area contributed by atoms with Crippen molar-refractivity contribution < 1.29 is 13.9 Å². The van der Waals surface area contributed by atoms with Crippen molar-refractivity contribution in [3.8, 4) is 0 Å². The van der Waals surface area contributed by atoms with Crippen LogP contribution >= 0.6 is 0 Å². The van der Waals surface area contributed by atoms with Crippen LogP contribution in [0.1, 0.15) is 43.6 Å². The first kappa shape index (κ1) is 19.6. The van der Waals surface area contributed by atoms with Crippen molar-refractivity contribution in [3.05, 3.63) is 41.8 Å². The van der Waals surface area contributed by atoms with Crippen LogP contribution in [0.5, 0.6) is 0 Å². The first-order valence-electron chi connectivity index (χ1n) is 10.2. The third-order valence-electron chi connectivity index (χ3n) is 5.08. The normalized spacial score (nSPS) is 18.4. The summed E-state index contributed by atoms with van der Waals surface area (Å²) in [5, 5.41) is 9.34. The molecule has 2 heterocycles. The lowest BCUT2D eigenvalue weighted by atomic mass is 10.2. The van der Waals surface area contributed by atoms with Gasteiger partial charge in [-0.05, 0) is 56.2 Å². The number of halogens is 1. The summed E-state index contributed by atoms with van der Waals surface area (Å²) >= 11 is 0. The molecule has 0 bridgehead atoms. The first-order valence-corrected chi connectivity index (χ1v) is 10.2. The minimum Gasteiger partial charge on any atom is -0.370 e. The number of nitrogens with zero attached hydrogens (tertiary/aromatic N) is 2. The second kappa shape index (κ2) is 9.17. The van der Waals surface area contributed by atoms with Crippen LogP contribution in [0, 0.1) is 5.82 Å². The van der Waals surface area contributed by atoms with E-state index in [-0.39, 0.29) is 17.8 Å². The van der Waals surface area contributed by atoms with Crippen LogP contribution in [-0.4, -0.2) is 41.7 Å². The van der Waals surface area contributed by atoms with Gasteiger partial charge in [-0.2, -0.15) is 4.98 Å². The van der Waals surface area contributed by atoms with Crippen LogP contribution in [-0.2, 0) is 9.53 Å². The highest BCUT2D eigenvalue weighted by atomic mass is 19.1. The molecule has 29 heavy (non-hydrogen) atoms. The van der Waals surface area contributed by atoms with E-state index in [1.165, 1.54) is 12.1 Å². The topological polar surface area (TPSA) is 88.2 Å². The third kappa shape index (κ3) is 5.41. The van der Waals surface area contributed by atoms with Crippen molar-refractivity contribution in [2.75, 3.05) is 30.3 Å². The molecule has 1 amide bonds. The van der Waals surface area contributed by atoms with Gasteiger partial charge in [0.1, 0.15) is 17.7 Å². The summed E-state index contributed by atoms with van der Waals surface area (Å²) in [6.45, 7) is 1.94. The van der Waals surface area contributed by atoms with Crippen LogP contribution < -0.4 is 16.0 Å². The molecule has 1 aromatic heterocycles. The SMILES string of the molecule is O=C(NCCCNc1nc(Nc2cccc(F)c2)ncc1C1CC1)C1CCCO1. The maximum Gasteiger partial charge on any atom is 0.249 e. The summed E-state index contributed by atoms with van der Waals surface area (Å²) in [7, 11) is 0. The fourth-order valence-corrected chi connectivity index (χ4v) is 3.39. The summed E-state index contributed by atoms with van der Waals surface area (Å²) in [4.78, 5) is 20.9. The average Bonchev–Trinajstić information content (AvgIpc) is 3.40. The maximum absolute atomic E-state index is 13.4. The smallest absolute Gasteiger partial charge is 0.249 e. The summed E-state index contributed by atoms with van der Waals surface area (Å²) in [6.07, 6.45) is 6.37. The molecule has 0 spiro atoms. The van der Waals surface area contributed by atoms with Crippen LogP contribution in [0.15, 0.2) is 30.5 Å². The van der Waals surface area contributed by atoms with Crippen molar-refractivity contribution in [3.63, 3.8) is 0 Å². The predicted molar refractivity (Wildman–Crippen MR) is 109 cm³/mol. The van der Waals surface area contributed by atoms with Crippen molar-refractivity contribution in [1.82, 2.24) is 15.3 Å². The van der Waals surface area contributed by atoms with E-state index in [4.69, 9.17) is 4.74 Å². The van der Waals surface area contributed by atoms with E-state index >= 15 is 0 Å². The molecule has 1 saturated carbocycles. The number of benzene rings is 1. The fraction of sp³-hybridized carbons (Fsp3) is 0.476. The van der Waals surface area contributed by atoms with Gasteiger partial charge in [-0.3, -0.25) is 4.79 Å². The zero-order chi connectivity index (χ0) is 20.1. The van der Waals surface area contributed by atoms with Crippen molar-refractivity contribution >= 4 is 23.4 Å². The number of hydrogen-bond acceptors (Lipinski definition) is 6. The molecule has 1 aliphatic heterocycles. The standard InChI is InChI=1S/C21H26FN5O2/c22-15-4-1-5-16(12-15)26-21-25-13-17(14-7-8-14)19(27-21)23-9-3-10-24-20(28)18-6-2-11-29-18/h1,4-5,12-14,18H,2-3,6-11H2,(H,24,28)(H2,23,25,26,27). The Labute approximate surface area is 169 Å². The number of anilines is 3. The van der Waals surface area contributed by atoms with E-state index in [2.05, 4.69) is 25.9 Å². The zero-order valence-corrected chi connectivity index (χ0v) is 16.3. The molecule has 3 N–H and O–H groups in total. The third-order valence-corrected chi connectivity index (χ3v) is 5.08. The largest absolute Gasteiger partial charge is 0.370 e. The Bertz CT molecular complexity index is 853. The summed E-state index contributed by atoms with van der Waals surface area (Å²) in [5.74, 6) is 1.39. The number of ether oxygens (including phenoxy) is 1. The molecule has 8 heteroatoms. The Balaban J connectivity index is 1.31. The zero-order valence-electron chi connectivity index (χ0n) is 16.3. The summed E-state index contributed by atoms with van der Waals surface area (Å²) in [5.41, 5.74) is 1.71. The van der Waals surface area contributed by atoms with E-state index < -0.39 is 0 Å². The number of amides is 1. The average molecular weight is 399 g/mol. The number of aromatic nitrogens is 2. The minimum atomic E-state index is -0.312. The molecule has 1 aliphatic carbocycles. The monoisotopic (exact) mass is 399 g/mol. The van der Waals surface area contributed by atoms with Gasteiger partial charge in [0, 0.05) is 37.1 Å². The van der Waals surface area contributed by atoms with E-state index in [0.29, 0.717) is 37.3 Å².